The number of anilines is 6. The SMILES string of the molecule is c1ccc(N(c2ccc3cc(-c4cc5ccccc5o4)ccc3c2)c2ccc3c(c2)oc2cc4cc5oc6cc(N(c7ccccc7)c7ccc8cc(-c9cc%10ccccc%10o9)ccc8c7)ccc6c5cc4cc23)cc1. The predicted molar refractivity (Wildman–Crippen MR) is 313 cm³/mol. The topological polar surface area (TPSA) is 59.0 Å². The van der Waals surface area contributed by atoms with Crippen molar-refractivity contribution in [3.05, 3.63) is 255 Å². The molecule has 0 unspecified atom stereocenters. The van der Waals surface area contributed by atoms with Gasteiger partial charge in [0.05, 0.1) is 0 Å². The summed E-state index contributed by atoms with van der Waals surface area (Å²) in [5, 5.41) is 13.2. The van der Waals surface area contributed by atoms with Crippen molar-refractivity contribution in [1.82, 2.24) is 0 Å². The predicted octanol–water partition coefficient (Wildman–Crippen LogP) is 20.7. The van der Waals surface area contributed by atoms with E-state index in [4.69, 9.17) is 17.7 Å². The van der Waals surface area contributed by atoms with Crippen LogP contribution < -0.4 is 9.80 Å². The molecule has 0 aliphatic rings. The van der Waals surface area contributed by atoms with Gasteiger partial charge in [-0.2, -0.15) is 0 Å². The monoisotopic (exact) mass is 974 g/mol. The van der Waals surface area contributed by atoms with E-state index in [0.717, 1.165) is 155 Å². The molecule has 76 heavy (non-hydrogen) atoms. The maximum absolute atomic E-state index is 6.76. The first kappa shape index (κ1) is 42.2. The molecule has 0 radical (unpaired) electrons. The quantitative estimate of drug-likeness (QED) is 0.151. The lowest BCUT2D eigenvalue weighted by Crippen LogP contribution is -2.09. The normalized spacial score (nSPS) is 11.9. The van der Waals surface area contributed by atoms with Gasteiger partial charge in [-0.15, -0.1) is 0 Å². The Morgan fingerprint density at radius 1 is 0.197 bits per heavy atom. The van der Waals surface area contributed by atoms with E-state index in [1.165, 1.54) is 0 Å². The molecule has 4 aromatic heterocycles. The highest BCUT2D eigenvalue weighted by atomic mass is 16.3. The minimum absolute atomic E-state index is 0.823. The minimum atomic E-state index is 0.823. The van der Waals surface area contributed by atoms with Crippen molar-refractivity contribution in [1.29, 1.82) is 0 Å². The molecule has 6 nitrogen and oxygen atoms in total. The molecule has 0 saturated heterocycles. The van der Waals surface area contributed by atoms with Crippen molar-refractivity contribution in [2.24, 2.45) is 0 Å². The minimum Gasteiger partial charge on any atom is -0.456 e. The summed E-state index contributed by atoms with van der Waals surface area (Å²) < 4.78 is 26.0. The average molecular weight is 975 g/mol. The molecular formula is C70H42N2O4. The molecule has 12 aromatic carbocycles. The maximum Gasteiger partial charge on any atom is 0.137 e. The van der Waals surface area contributed by atoms with E-state index in [2.05, 4.69) is 228 Å². The van der Waals surface area contributed by atoms with E-state index in [-0.39, 0.29) is 0 Å². The van der Waals surface area contributed by atoms with Crippen LogP contribution in [0, 0.1) is 0 Å². The molecule has 0 bridgehead atoms. The summed E-state index contributed by atoms with van der Waals surface area (Å²) in [6.45, 7) is 0. The highest BCUT2D eigenvalue weighted by molar-refractivity contribution is 6.16. The molecule has 0 N–H and O–H groups in total. The van der Waals surface area contributed by atoms with Crippen molar-refractivity contribution in [3.63, 3.8) is 0 Å². The molecule has 0 fully saturated rings. The number of para-hydroxylation sites is 4. The zero-order valence-electron chi connectivity index (χ0n) is 40.8. The fourth-order valence-corrected chi connectivity index (χ4v) is 11.4. The van der Waals surface area contributed by atoms with Crippen LogP contribution in [0.2, 0.25) is 0 Å². The second-order valence-corrected chi connectivity index (χ2v) is 19.7. The van der Waals surface area contributed by atoms with Gasteiger partial charge in [0.1, 0.15) is 45.0 Å². The van der Waals surface area contributed by atoms with E-state index >= 15 is 0 Å². The van der Waals surface area contributed by atoms with Gasteiger partial charge in [0, 0.05) is 89.7 Å². The van der Waals surface area contributed by atoms with Gasteiger partial charge in [-0.1, -0.05) is 109 Å². The van der Waals surface area contributed by atoms with Gasteiger partial charge >= 0.3 is 0 Å². The van der Waals surface area contributed by atoms with Crippen LogP contribution in [-0.4, -0.2) is 0 Å². The Labute approximate surface area is 435 Å². The molecule has 0 aliphatic carbocycles. The number of furan rings is 4. The number of hydrogen-bond donors (Lipinski definition) is 0. The first-order valence-corrected chi connectivity index (χ1v) is 25.6. The van der Waals surface area contributed by atoms with Crippen molar-refractivity contribution >= 4 is 132 Å². The van der Waals surface area contributed by atoms with E-state index in [1.54, 1.807) is 0 Å². The number of fused-ring (bicyclic) bond motifs is 11. The molecule has 0 spiro atoms. The van der Waals surface area contributed by atoms with Crippen LogP contribution in [0.1, 0.15) is 0 Å². The van der Waals surface area contributed by atoms with Crippen LogP contribution in [0.3, 0.4) is 0 Å². The standard InChI is InChI=1S/C70H42N2O4/c1-3-13-53(14-4-1)71(55-25-23-43-31-49(21-19-45(43)33-55)65-37-47-11-7-9-17-63(47)73-65)57-27-29-59-61-35-51-36-62-60-30-28-58(42-70(60)76-68(62)40-52(51)39-67(61)75-69(59)41-57)72(54-15-5-2-6-16-54)56-26-24-44-32-50(22-20-46(44)34-56)66-38-48-12-8-10-18-64(48)74-66/h1-42H. The first-order valence-electron chi connectivity index (χ1n) is 25.6. The van der Waals surface area contributed by atoms with Gasteiger partial charge in [-0.3, -0.25) is 0 Å². The van der Waals surface area contributed by atoms with Crippen LogP contribution in [-0.2, 0) is 0 Å². The Hall–Kier alpha value is -10.3. The van der Waals surface area contributed by atoms with Gasteiger partial charge in [0.15, 0.2) is 0 Å². The molecule has 0 saturated carbocycles. The Kier molecular flexibility index (Phi) is 9.23. The van der Waals surface area contributed by atoms with Crippen molar-refractivity contribution in [2.45, 2.75) is 0 Å². The molecule has 356 valence electrons. The van der Waals surface area contributed by atoms with Gasteiger partial charge in [0.25, 0.3) is 0 Å². The number of rotatable bonds is 8. The fraction of sp³-hybridized carbons (Fsp3) is 0. The molecule has 0 atom stereocenters. The van der Waals surface area contributed by atoms with Crippen molar-refractivity contribution in [3.8, 4) is 22.6 Å². The summed E-state index contributed by atoms with van der Waals surface area (Å²) in [7, 11) is 0. The number of benzene rings is 12. The summed E-state index contributed by atoms with van der Waals surface area (Å²) in [6, 6.07) is 89.8. The van der Waals surface area contributed by atoms with Gasteiger partial charge in [-0.05, 0) is 166 Å². The van der Waals surface area contributed by atoms with Gasteiger partial charge in [0.2, 0.25) is 0 Å². The van der Waals surface area contributed by atoms with Crippen LogP contribution in [0.25, 0.3) is 121 Å². The highest BCUT2D eigenvalue weighted by Crippen LogP contribution is 2.44. The van der Waals surface area contributed by atoms with Crippen LogP contribution in [0.4, 0.5) is 34.1 Å². The third-order valence-electron chi connectivity index (χ3n) is 15.1. The zero-order chi connectivity index (χ0) is 49.8. The molecule has 16 rings (SSSR count). The third-order valence-corrected chi connectivity index (χ3v) is 15.1. The lowest BCUT2D eigenvalue weighted by Gasteiger charge is -2.25. The van der Waals surface area contributed by atoms with Gasteiger partial charge in [-0.25, -0.2) is 0 Å². The Balaban J connectivity index is 0.737. The maximum atomic E-state index is 6.76. The van der Waals surface area contributed by atoms with Crippen LogP contribution >= 0.6 is 0 Å². The Bertz CT molecular complexity index is 4590. The van der Waals surface area contributed by atoms with Gasteiger partial charge < -0.3 is 27.5 Å². The lowest BCUT2D eigenvalue weighted by atomic mass is 10.0. The summed E-state index contributed by atoms with van der Waals surface area (Å²) in [5.41, 5.74) is 13.4. The molecular weight excluding hydrogens is 933 g/mol. The summed E-state index contributed by atoms with van der Waals surface area (Å²) in [6.07, 6.45) is 0. The highest BCUT2D eigenvalue weighted by Gasteiger charge is 2.20. The molecule has 0 aliphatic heterocycles. The van der Waals surface area contributed by atoms with Crippen molar-refractivity contribution < 1.29 is 17.7 Å². The second kappa shape index (κ2) is 16.6. The van der Waals surface area contributed by atoms with E-state index in [1.807, 2.05) is 36.4 Å². The third kappa shape index (κ3) is 6.96. The Morgan fingerprint density at radius 3 is 1.05 bits per heavy atom. The molecule has 16 aromatic rings. The van der Waals surface area contributed by atoms with Crippen molar-refractivity contribution in [2.75, 3.05) is 9.80 Å². The Morgan fingerprint density at radius 2 is 0.579 bits per heavy atom. The van der Waals surface area contributed by atoms with Crippen LogP contribution in [0.5, 0.6) is 0 Å². The largest absolute Gasteiger partial charge is 0.456 e. The molecule has 4 heterocycles. The zero-order valence-corrected chi connectivity index (χ0v) is 40.8. The second-order valence-electron chi connectivity index (χ2n) is 19.7. The summed E-state index contributed by atoms with van der Waals surface area (Å²) in [5.74, 6) is 1.73. The lowest BCUT2D eigenvalue weighted by molar-refractivity contribution is 0.631. The summed E-state index contributed by atoms with van der Waals surface area (Å²) >= 11 is 0. The van der Waals surface area contributed by atoms with E-state index in [0.29, 0.717) is 0 Å². The van der Waals surface area contributed by atoms with Crippen LogP contribution in [0.15, 0.2) is 272 Å². The fourth-order valence-electron chi connectivity index (χ4n) is 11.4. The smallest absolute Gasteiger partial charge is 0.137 e. The molecule has 6 heteroatoms. The summed E-state index contributed by atoms with van der Waals surface area (Å²) in [4.78, 5) is 4.59. The van der Waals surface area contributed by atoms with E-state index in [9.17, 15) is 0 Å². The van der Waals surface area contributed by atoms with E-state index < -0.39 is 0 Å². The average Bonchev–Trinajstić information content (AvgIpc) is 4.31. The first-order chi connectivity index (χ1) is 37.6. The number of nitrogens with zero attached hydrogens (tertiary/aromatic N) is 2. The molecule has 0 amide bonds. The number of hydrogen-bond acceptors (Lipinski definition) is 6.